The summed E-state index contributed by atoms with van der Waals surface area (Å²) in [5.41, 5.74) is 2.41. The van der Waals surface area contributed by atoms with E-state index in [1.165, 1.54) is 16.0 Å². The van der Waals surface area contributed by atoms with Crippen molar-refractivity contribution in [2.45, 2.75) is 50.4 Å². The van der Waals surface area contributed by atoms with Crippen molar-refractivity contribution in [3.05, 3.63) is 40.6 Å². The van der Waals surface area contributed by atoms with Gasteiger partial charge in [0, 0.05) is 39.8 Å². The summed E-state index contributed by atoms with van der Waals surface area (Å²) in [6, 6.07) is 10.7. The van der Waals surface area contributed by atoms with E-state index in [0.29, 0.717) is 11.3 Å². The average Bonchev–Trinajstić information content (AvgIpc) is 3.25. The van der Waals surface area contributed by atoms with Crippen molar-refractivity contribution >= 4 is 28.1 Å². The number of rotatable bonds is 7. The number of aliphatic imine (C=N–C) groups is 1. The number of methoxy groups -OCH3 is 1. The van der Waals surface area contributed by atoms with Crippen LogP contribution >= 0.6 is 11.3 Å². The smallest absolute Gasteiger partial charge is 0.191 e. The molecule has 2 aromatic rings. The highest BCUT2D eigenvalue weighted by Crippen LogP contribution is 2.27. The van der Waals surface area contributed by atoms with E-state index >= 15 is 0 Å². The van der Waals surface area contributed by atoms with Crippen molar-refractivity contribution < 1.29 is 8.95 Å². The molecule has 1 aliphatic rings. The number of nitrogens with zero attached hydrogens (tertiary/aromatic N) is 1. The monoisotopic (exact) mass is 433 g/mol. The first kappa shape index (κ1) is 21.8. The second kappa shape index (κ2) is 10.8. The van der Waals surface area contributed by atoms with E-state index in [9.17, 15) is 4.21 Å². The average molecular weight is 434 g/mol. The van der Waals surface area contributed by atoms with E-state index in [2.05, 4.69) is 39.2 Å². The molecule has 0 amide bonds. The van der Waals surface area contributed by atoms with Gasteiger partial charge in [0.1, 0.15) is 5.75 Å². The van der Waals surface area contributed by atoms with Crippen LogP contribution in [0.5, 0.6) is 5.75 Å². The summed E-state index contributed by atoms with van der Waals surface area (Å²) in [7, 11) is 2.78. The molecule has 1 saturated carbocycles. The molecule has 1 aromatic heterocycles. The fraction of sp³-hybridized carbons (Fsp3) is 0.500. The highest BCUT2D eigenvalue weighted by Gasteiger charge is 2.26. The molecule has 1 aromatic carbocycles. The first-order chi connectivity index (χ1) is 14.1. The number of nitrogens with one attached hydrogen (secondary N) is 2. The van der Waals surface area contributed by atoms with Gasteiger partial charge in [-0.15, -0.1) is 11.3 Å². The maximum absolute atomic E-state index is 12.2. The molecular formula is C22H31N3O2S2. The summed E-state index contributed by atoms with van der Waals surface area (Å²) in [6.07, 6.45) is 4.27. The zero-order valence-electron chi connectivity index (χ0n) is 17.4. The highest BCUT2D eigenvalue weighted by atomic mass is 32.2. The number of thiophene rings is 1. The van der Waals surface area contributed by atoms with Gasteiger partial charge in [0.15, 0.2) is 5.96 Å². The van der Waals surface area contributed by atoms with Gasteiger partial charge in [-0.05, 0) is 54.0 Å². The second-order valence-electron chi connectivity index (χ2n) is 7.26. The van der Waals surface area contributed by atoms with Crippen LogP contribution in [0, 0.1) is 0 Å². The van der Waals surface area contributed by atoms with Gasteiger partial charge in [0.25, 0.3) is 0 Å². The van der Waals surface area contributed by atoms with Crippen LogP contribution in [0.15, 0.2) is 40.7 Å². The Morgan fingerprint density at radius 1 is 1.28 bits per heavy atom. The van der Waals surface area contributed by atoms with E-state index in [1.807, 2.05) is 19.1 Å². The molecule has 3 atom stereocenters. The maximum Gasteiger partial charge on any atom is 0.191 e. The van der Waals surface area contributed by atoms with Gasteiger partial charge >= 0.3 is 0 Å². The second-order valence-corrected chi connectivity index (χ2v) is 10.3. The van der Waals surface area contributed by atoms with Gasteiger partial charge in [-0.1, -0.05) is 25.5 Å². The van der Waals surface area contributed by atoms with Crippen molar-refractivity contribution in [1.29, 1.82) is 0 Å². The van der Waals surface area contributed by atoms with Crippen LogP contribution in [0.3, 0.4) is 0 Å². The van der Waals surface area contributed by atoms with Gasteiger partial charge in [-0.3, -0.25) is 9.20 Å². The molecule has 1 fully saturated rings. The molecule has 158 valence electrons. The molecule has 0 radical (unpaired) electrons. The minimum absolute atomic E-state index is 0.314. The van der Waals surface area contributed by atoms with Crippen LogP contribution in [0.4, 0.5) is 0 Å². The molecule has 0 saturated heterocycles. The van der Waals surface area contributed by atoms with E-state index in [4.69, 9.17) is 4.74 Å². The first-order valence-corrected chi connectivity index (χ1v) is 12.4. The number of hydrogen-bond acceptors (Lipinski definition) is 4. The minimum atomic E-state index is -0.709. The molecule has 2 N–H and O–H groups in total. The third kappa shape index (κ3) is 6.06. The van der Waals surface area contributed by atoms with E-state index < -0.39 is 10.8 Å². The van der Waals surface area contributed by atoms with Gasteiger partial charge in [-0.2, -0.15) is 0 Å². The van der Waals surface area contributed by atoms with Gasteiger partial charge in [0.05, 0.1) is 13.7 Å². The zero-order valence-corrected chi connectivity index (χ0v) is 19.1. The molecule has 3 unspecified atom stereocenters. The Morgan fingerprint density at radius 3 is 2.76 bits per heavy atom. The Bertz CT molecular complexity index is 833. The predicted octanol–water partition coefficient (Wildman–Crippen LogP) is 4.17. The summed E-state index contributed by atoms with van der Waals surface area (Å²) >= 11 is 1.74. The lowest BCUT2D eigenvalue weighted by molar-refractivity contribution is 0.413. The van der Waals surface area contributed by atoms with Gasteiger partial charge in [-0.25, -0.2) is 0 Å². The topological polar surface area (TPSA) is 62.7 Å². The minimum Gasteiger partial charge on any atom is -0.497 e. The summed E-state index contributed by atoms with van der Waals surface area (Å²) in [5.74, 6) is 2.44. The highest BCUT2D eigenvalue weighted by molar-refractivity contribution is 7.85. The SMILES string of the molecule is CCS(=O)C1CCCC(NC(=NC)NCc2cc(-c3ccc(OC)cc3)cs2)C1. The molecule has 0 aliphatic heterocycles. The molecule has 1 aliphatic carbocycles. The Morgan fingerprint density at radius 2 is 2.07 bits per heavy atom. The molecule has 0 spiro atoms. The zero-order chi connectivity index (χ0) is 20.6. The number of ether oxygens (including phenoxy) is 1. The van der Waals surface area contributed by atoms with Gasteiger partial charge < -0.3 is 15.4 Å². The van der Waals surface area contributed by atoms with Crippen LogP contribution in [-0.2, 0) is 17.3 Å². The van der Waals surface area contributed by atoms with Crippen molar-refractivity contribution in [2.75, 3.05) is 19.9 Å². The molecule has 0 bridgehead atoms. The number of hydrogen-bond donors (Lipinski definition) is 2. The maximum atomic E-state index is 12.2. The van der Waals surface area contributed by atoms with E-state index in [-0.39, 0.29) is 0 Å². The van der Waals surface area contributed by atoms with E-state index in [0.717, 1.165) is 49.7 Å². The van der Waals surface area contributed by atoms with Crippen LogP contribution < -0.4 is 15.4 Å². The summed E-state index contributed by atoms with van der Waals surface area (Å²) in [5, 5.41) is 9.45. The summed E-state index contributed by atoms with van der Waals surface area (Å²) in [4.78, 5) is 5.64. The molecule has 7 heteroatoms. The first-order valence-electron chi connectivity index (χ1n) is 10.2. The third-order valence-electron chi connectivity index (χ3n) is 5.35. The fourth-order valence-electron chi connectivity index (χ4n) is 3.72. The Kier molecular flexibility index (Phi) is 8.12. The van der Waals surface area contributed by atoms with Crippen molar-refractivity contribution in [2.24, 2.45) is 4.99 Å². The lowest BCUT2D eigenvalue weighted by Gasteiger charge is -2.30. The van der Waals surface area contributed by atoms with Crippen LogP contribution in [0.25, 0.3) is 11.1 Å². The lowest BCUT2D eigenvalue weighted by atomic mass is 9.95. The third-order valence-corrected chi connectivity index (χ3v) is 8.03. The van der Waals surface area contributed by atoms with Crippen LogP contribution in [0.2, 0.25) is 0 Å². The van der Waals surface area contributed by atoms with Crippen molar-refractivity contribution in [3.8, 4) is 16.9 Å². The van der Waals surface area contributed by atoms with Crippen molar-refractivity contribution in [1.82, 2.24) is 10.6 Å². The van der Waals surface area contributed by atoms with E-state index in [1.54, 1.807) is 25.5 Å². The van der Waals surface area contributed by atoms with Crippen LogP contribution in [0.1, 0.15) is 37.5 Å². The molecule has 5 nitrogen and oxygen atoms in total. The van der Waals surface area contributed by atoms with Gasteiger partial charge in [0.2, 0.25) is 0 Å². The Balaban J connectivity index is 1.53. The molecule has 1 heterocycles. The molecular weight excluding hydrogens is 402 g/mol. The normalized spacial score (nSPS) is 20.9. The Labute approximate surface area is 180 Å². The summed E-state index contributed by atoms with van der Waals surface area (Å²) < 4.78 is 17.4. The number of guanidine groups is 1. The molecule has 3 rings (SSSR count). The van der Waals surface area contributed by atoms with Crippen LogP contribution in [-0.4, -0.2) is 41.4 Å². The quantitative estimate of drug-likeness (QED) is 0.508. The van der Waals surface area contributed by atoms with Crippen molar-refractivity contribution in [3.63, 3.8) is 0 Å². The lowest BCUT2D eigenvalue weighted by Crippen LogP contribution is -2.46. The largest absolute Gasteiger partial charge is 0.497 e. The molecule has 29 heavy (non-hydrogen) atoms. The Hall–Kier alpha value is -1.86. The predicted molar refractivity (Wildman–Crippen MR) is 124 cm³/mol. The fourth-order valence-corrected chi connectivity index (χ4v) is 5.90. The summed E-state index contributed by atoms with van der Waals surface area (Å²) in [6.45, 7) is 2.74. The standard InChI is InChI=1S/C22H31N3O2S2/c1-4-29(26)21-7-5-6-18(13-21)25-22(23-2)24-14-20-12-17(15-28-20)16-8-10-19(27-3)11-9-16/h8-12,15,18,21H,4-7,13-14H2,1-3H3,(H2,23,24,25). The number of benzene rings is 1.